The topological polar surface area (TPSA) is 157 Å². The molecule has 204 valence electrons. The first-order valence-corrected chi connectivity index (χ1v) is 12.9. The minimum atomic E-state index is -0.464. The van der Waals surface area contributed by atoms with Crippen molar-refractivity contribution in [3.05, 3.63) is 46.8 Å². The van der Waals surface area contributed by atoms with E-state index in [4.69, 9.17) is 19.3 Å². The van der Waals surface area contributed by atoms with Gasteiger partial charge in [0.05, 0.1) is 12.6 Å². The number of aliphatic hydroxyl groups excluding tert-OH is 1. The number of aromatic nitrogens is 3. The lowest BCUT2D eigenvalue weighted by Crippen LogP contribution is -2.46. The maximum atomic E-state index is 12.8. The average Bonchev–Trinajstić information content (AvgIpc) is 3.27. The van der Waals surface area contributed by atoms with E-state index in [9.17, 15) is 14.4 Å². The molecule has 3 N–H and O–H groups in total. The molecule has 2 aliphatic heterocycles. The predicted molar refractivity (Wildman–Crippen MR) is 139 cm³/mol. The molecule has 39 heavy (non-hydrogen) atoms. The Hall–Kier alpha value is -4.23. The van der Waals surface area contributed by atoms with Crippen LogP contribution in [0.5, 0.6) is 11.6 Å². The molecular formula is C26H28N6O7. The van der Waals surface area contributed by atoms with Gasteiger partial charge in [-0.25, -0.2) is 9.78 Å². The van der Waals surface area contributed by atoms with Gasteiger partial charge in [-0.3, -0.25) is 19.1 Å². The lowest BCUT2D eigenvalue weighted by atomic mass is 9.88. The second-order valence-electron chi connectivity index (χ2n) is 9.63. The number of ether oxygens (including phenoxy) is 3. The van der Waals surface area contributed by atoms with E-state index >= 15 is 0 Å². The van der Waals surface area contributed by atoms with Crippen LogP contribution in [-0.4, -0.2) is 76.2 Å². The van der Waals surface area contributed by atoms with Gasteiger partial charge in [-0.15, -0.1) is 0 Å². The molecule has 5 heterocycles. The molecular weight excluding hydrogens is 508 g/mol. The van der Waals surface area contributed by atoms with Crippen molar-refractivity contribution in [3.63, 3.8) is 0 Å². The van der Waals surface area contributed by atoms with E-state index in [1.165, 1.54) is 6.07 Å². The molecule has 1 aliphatic carbocycles. The van der Waals surface area contributed by atoms with Gasteiger partial charge in [-0.05, 0) is 37.1 Å². The van der Waals surface area contributed by atoms with E-state index < -0.39 is 6.09 Å². The molecule has 0 spiro atoms. The zero-order chi connectivity index (χ0) is 26.9. The van der Waals surface area contributed by atoms with Crippen LogP contribution in [0.1, 0.15) is 19.3 Å². The van der Waals surface area contributed by atoms with Crippen LogP contribution in [-0.2, 0) is 16.1 Å². The molecule has 3 aromatic heterocycles. The van der Waals surface area contributed by atoms with Gasteiger partial charge < -0.3 is 30.0 Å². The third kappa shape index (κ3) is 4.98. The molecule has 6 rings (SSSR count). The number of hydrogen-bond donors (Lipinski definition) is 3. The number of pyridine rings is 3. The minimum absolute atomic E-state index is 0.0649. The number of aliphatic hydroxyl groups is 1. The molecule has 3 atom stereocenters. The highest BCUT2D eigenvalue weighted by atomic mass is 16.6. The molecule has 2 fully saturated rings. The molecule has 3 aliphatic rings. The van der Waals surface area contributed by atoms with Crippen molar-refractivity contribution >= 4 is 34.7 Å². The van der Waals surface area contributed by atoms with Crippen LogP contribution < -0.4 is 30.6 Å². The molecule has 3 aromatic rings. The Morgan fingerprint density at radius 2 is 1.97 bits per heavy atom. The Balaban J connectivity index is 1.10. The zero-order valence-corrected chi connectivity index (χ0v) is 21.0. The summed E-state index contributed by atoms with van der Waals surface area (Å²) in [6.07, 6.45) is 1.37. The van der Waals surface area contributed by atoms with Crippen LogP contribution in [0, 0.1) is 0 Å². The van der Waals surface area contributed by atoms with Gasteiger partial charge in [0, 0.05) is 43.1 Å². The minimum Gasteiger partial charge on any atom is -0.480 e. The monoisotopic (exact) mass is 536 g/mol. The van der Waals surface area contributed by atoms with Crippen LogP contribution in [0.4, 0.5) is 16.4 Å². The number of rotatable bonds is 8. The number of hydrogen-bond acceptors (Lipinski definition) is 10. The Kier molecular flexibility index (Phi) is 6.75. The van der Waals surface area contributed by atoms with Crippen LogP contribution in [0.15, 0.2) is 41.2 Å². The summed E-state index contributed by atoms with van der Waals surface area (Å²) in [6.45, 7) is 0.851. The summed E-state index contributed by atoms with van der Waals surface area (Å²) in [6, 6.07) is 10.1. The van der Waals surface area contributed by atoms with E-state index in [0.717, 1.165) is 11.8 Å². The maximum Gasteiger partial charge on any atom is 0.416 e. The Morgan fingerprint density at radius 3 is 2.85 bits per heavy atom. The molecule has 13 nitrogen and oxygen atoms in total. The highest BCUT2D eigenvalue weighted by molar-refractivity contribution is 5.95. The second kappa shape index (κ2) is 10.5. The smallest absolute Gasteiger partial charge is 0.416 e. The highest BCUT2D eigenvalue weighted by Crippen LogP contribution is 2.37. The highest BCUT2D eigenvalue weighted by Gasteiger charge is 2.46. The quantitative estimate of drug-likeness (QED) is 0.380. The van der Waals surface area contributed by atoms with Crippen molar-refractivity contribution < 1.29 is 28.9 Å². The number of fused-ring (bicyclic) bond motifs is 3. The summed E-state index contributed by atoms with van der Waals surface area (Å²) in [5, 5.41) is 16.0. The predicted octanol–water partition coefficient (Wildman–Crippen LogP) is 1.03. The number of carbonyl (C=O) groups is 2. The lowest BCUT2D eigenvalue weighted by Gasteiger charge is -2.33. The standard InChI is InChI=1S/C26H28N6O7/c33-11-12-37-22-7-1-15-2-8-23(35)31(25(15)30-22)10-9-27-16-3-4-17-19(13-16)39-26(36)32(17)20-6-5-18-24(28-20)29-21(34)14-38-18/h1-2,5-8,16-17,19,27,33H,3-4,9-14H2,(H,28,29,34)/t16-,17-,19+/m0/s1. The third-order valence-electron chi connectivity index (χ3n) is 7.16. The number of carbonyl (C=O) groups excluding carboxylic acids is 2. The average molecular weight is 537 g/mol. The Morgan fingerprint density at radius 1 is 1.10 bits per heavy atom. The fourth-order valence-electron chi connectivity index (χ4n) is 5.36. The largest absolute Gasteiger partial charge is 0.480 e. The normalized spacial score (nSPS) is 22.1. The third-order valence-corrected chi connectivity index (χ3v) is 7.16. The molecule has 1 saturated carbocycles. The van der Waals surface area contributed by atoms with Gasteiger partial charge in [0.1, 0.15) is 24.2 Å². The molecule has 0 bridgehead atoms. The van der Waals surface area contributed by atoms with E-state index in [1.807, 2.05) is 6.07 Å². The molecule has 0 unspecified atom stereocenters. The summed E-state index contributed by atoms with van der Waals surface area (Å²) in [7, 11) is 0. The first-order valence-electron chi connectivity index (χ1n) is 12.9. The van der Waals surface area contributed by atoms with Crippen molar-refractivity contribution in [2.45, 2.75) is 44.0 Å². The van der Waals surface area contributed by atoms with E-state index in [0.29, 0.717) is 54.8 Å². The van der Waals surface area contributed by atoms with Gasteiger partial charge in [0.25, 0.3) is 11.5 Å². The van der Waals surface area contributed by atoms with Crippen LogP contribution in [0.3, 0.4) is 0 Å². The van der Waals surface area contributed by atoms with Gasteiger partial charge in [-0.1, -0.05) is 0 Å². The van der Waals surface area contributed by atoms with Crippen LogP contribution >= 0.6 is 0 Å². The van der Waals surface area contributed by atoms with Gasteiger partial charge in [0.2, 0.25) is 5.88 Å². The van der Waals surface area contributed by atoms with Crippen molar-refractivity contribution in [2.75, 3.05) is 36.6 Å². The Bertz CT molecular complexity index is 1480. The summed E-state index contributed by atoms with van der Waals surface area (Å²) in [5.41, 5.74) is 0.349. The molecule has 0 radical (unpaired) electrons. The number of nitrogens with one attached hydrogen (secondary N) is 2. The molecule has 13 heteroatoms. The van der Waals surface area contributed by atoms with Gasteiger partial charge in [-0.2, -0.15) is 4.98 Å². The summed E-state index contributed by atoms with van der Waals surface area (Å²) in [5.74, 6) is 1.22. The summed E-state index contributed by atoms with van der Waals surface area (Å²) >= 11 is 0. The first-order chi connectivity index (χ1) is 19.0. The van der Waals surface area contributed by atoms with Crippen LogP contribution in [0.2, 0.25) is 0 Å². The van der Waals surface area contributed by atoms with Crippen molar-refractivity contribution in [1.29, 1.82) is 0 Å². The maximum absolute atomic E-state index is 12.8. The van der Waals surface area contributed by atoms with Gasteiger partial charge in [0.15, 0.2) is 18.2 Å². The van der Waals surface area contributed by atoms with Gasteiger partial charge >= 0.3 is 6.09 Å². The fraction of sp³-hybridized carbons (Fsp3) is 0.423. The molecule has 1 saturated heterocycles. The van der Waals surface area contributed by atoms with Crippen molar-refractivity contribution in [2.24, 2.45) is 0 Å². The SMILES string of the molecule is O=C1COc2ccc(N3C(=O)O[C@@H]4C[C@@H](NCCn5c(=O)ccc6ccc(OCCO)nc65)CC[C@@H]43)nc2N1. The Labute approximate surface area is 222 Å². The summed E-state index contributed by atoms with van der Waals surface area (Å²) in [4.78, 5) is 47.5. The lowest BCUT2D eigenvalue weighted by molar-refractivity contribution is -0.118. The van der Waals surface area contributed by atoms with Crippen molar-refractivity contribution in [3.8, 4) is 11.6 Å². The van der Waals surface area contributed by atoms with E-state index in [2.05, 4.69) is 20.6 Å². The number of anilines is 2. The van der Waals surface area contributed by atoms with E-state index in [-0.39, 0.29) is 49.5 Å². The van der Waals surface area contributed by atoms with Crippen LogP contribution in [0.25, 0.3) is 11.0 Å². The zero-order valence-electron chi connectivity index (χ0n) is 21.0. The molecule has 2 amide bonds. The number of amides is 2. The second-order valence-corrected chi connectivity index (χ2v) is 9.63. The summed E-state index contributed by atoms with van der Waals surface area (Å²) < 4.78 is 18.1. The van der Waals surface area contributed by atoms with Crippen molar-refractivity contribution in [1.82, 2.24) is 19.9 Å². The first kappa shape index (κ1) is 25.1. The van der Waals surface area contributed by atoms with E-state index in [1.54, 1.807) is 33.7 Å². The fourth-order valence-corrected chi connectivity index (χ4v) is 5.36. The molecule has 0 aromatic carbocycles. The number of nitrogens with zero attached hydrogens (tertiary/aromatic N) is 4.